The number of aromatic nitrogens is 2. The second-order valence-corrected chi connectivity index (χ2v) is 10.1. The van der Waals surface area contributed by atoms with Gasteiger partial charge in [-0.15, -0.1) is 0 Å². The van der Waals surface area contributed by atoms with Gasteiger partial charge in [0.1, 0.15) is 5.75 Å². The fraction of sp³-hybridized carbons (Fsp3) is 0.259. The van der Waals surface area contributed by atoms with E-state index in [0.29, 0.717) is 5.56 Å². The zero-order chi connectivity index (χ0) is 27.1. The van der Waals surface area contributed by atoms with Crippen LogP contribution in [0.3, 0.4) is 0 Å². The number of nitrogens with one attached hydrogen (secondary N) is 2. The topological polar surface area (TPSA) is 76.1 Å². The number of nitrogens with zero attached hydrogens (tertiary/aromatic N) is 1. The number of rotatable bonds is 5. The largest absolute Gasteiger partial charge is 0.496 e. The number of aromatic amines is 1. The van der Waals surface area contributed by atoms with Gasteiger partial charge in [-0.2, -0.15) is 13.2 Å². The first-order valence-electron chi connectivity index (χ1n) is 11.3. The normalized spacial score (nSPS) is 12.1. The van der Waals surface area contributed by atoms with Crippen LogP contribution >= 0.6 is 11.9 Å². The Kier molecular flexibility index (Phi) is 6.89. The molecule has 194 valence electrons. The Labute approximate surface area is 215 Å². The molecule has 0 amide bonds. The summed E-state index contributed by atoms with van der Waals surface area (Å²) in [6, 6.07) is 13.0. The second-order valence-electron chi connectivity index (χ2n) is 9.54. The average molecular weight is 530 g/mol. The molecule has 0 aliphatic carbocycles. The highest BCUT2D eigenvalue weighted by Crippen LogP contribution is 2.49. The number of H-pyrrole nitrogens is 1. The maximum Gasteiger partial charge on any atom is 0.419 e. The van der Waals surface area contributed by atoms with Crippen molar-refractivity contribution in [3.05, 3.63) is 86.7 Å². The zero-order valence-electron chi connectivity index (χ0n) is 20.9. The van der Waals surface area contributed by atoms with Crippen molar-refractivity contribution < 1.29 is 17.9 Å². The summed E-state index contributed by atoms with van der Waals surface area (Å²) < 4.78 is 54.1. The molecular weight excluding hydrogens is 503 g/mol. The molecule has 3 aromatic carbocycles. The highest BCUT2D eigenvalue weighted by atomic mass is 32.2. The van der Waals surface area contributed by atoms with E-state index in [0.717, 1.165) is 33.3 Å². The number of alkyl halides is 3. The van der Waals surface area contributed by atoms with Gasteiger partial charge in [-0.3, -0.25) is 14.3 Å². The summed E-state index contributed by atoms with van der Waals surface area (Å²) in [5, 5.41) is 1.59. The van der Waals surface area contributed by atoms with E-state index in [2.05, 4.69) is 4.72 Å². The third-order valence-corrected chi connectivity index (χ3v) is 6.43. The predicted octanol–water partition coefficient (Wildman–Crippen LogP) is 6.36. The number of hydrogen-bond acceptors (Lipinski definition) is 5. The lowest BCUT2D eigenvalue weighted by Gasteiger charge is -2.29. The van der Waals surface area contributed by atoms with Crippen LogP contribution in [0.15, 0.2) is 64.3 Å². The van der Waals surface area contributed by atoms with E-state index in [-0.39, 0.29) is 16.9 Å². The minimum absolute atomic E-state index is 0.0704. The lowest BCUT2D eigenvalue weighted by molar-refractivity contribution is -0.137. The summed E-state index contributed by atoms with van der Waals surface area (Å²) in [4.78, 5) is 26.3. The Balaban J connectivity index is 2.15. The van der Waals surface area contributed by atoms with Gasteiger partial charge >= 0.3 is 11.9 Å². The number of anilines is 1. The van der Waals surface area contributed by atoms with Crippen molar-refractivity contribution in [2.24, 2.45) is 0 Å². The monoisotopic (exact) mass is 529 g/mol. The zero-order valence-corrected chi connectivity index (χ0v) is 21.7. The van der Waals surface area contributed by atoms with Crippen LogP contribution in [-0.4, -0.2) is 22.9 Å². The van der Waals surface area contributed by atoms with E-state index >= 15 is 0 Å². The van der Waals surface area contributed by atoms with Gasteiger partial charge in [0.25, 0.3) is 5.56 Å². The van der Waals surface area contributed by atoms with E-state index in [4.69, 9.17) is 4.74 Å². The van der Waals surface area contributed by atoms with Gasteiger partial charge in [-0.25, -0.2) is 4.79 Å². The Hall–Kier alpha value is -3.66. The molecule has 0 saturated heterocycles. The molecule has 37 heavy (non-hydrogen) atoms. The maximum atomic E-state index is 14.8. The third kappa shape index (κ3) is 5.11. The Morgan fingerprint density at radius 3 is 2.24 bits per heavy atom. The molecule has 0 fully saturated rings. The molecule has 4 rings (SSSR count). The fourth-order valence-corrected chi connectivity index (χ4v) is 4.72. The van der Waals surface area contributed by atoms with Crippen molar-refractivity contribution in [1.82, 2.24) is 9.55 Å². The van der Waals surface area contributed by atoms with Crippen molar-refractivity contribution in [2.75, 3.05) is 18.1 Å². The first kappa shape index (κ1) is 26.4. The molecule has 1 heterocycles. The number of ether oxygens (including phenoxy) is 1. The molecule has 0 bridgehead atoms. The Morgan fingerprint density at radius 1 is 0.973 bits per heavy atom. The van der Waals surface area contributed by atoms with Crippen molar-refractivity contribution in [3.63, 3.8) is 0 Å². The van der Waals surface area contributed by atoms with Crippen LogP contribution in [0.1, 0.15) is 31.9 Å². The summed E-state index contributed by atoms with van der Waals surface area (Å²) in [6.07, 6.45) is -1.91. The average Bonchev–Trinajstić information content (AvgIpc) is 2.81. The lowest BCUT2D eigenvalue weighted by atomic mass is 9.81. The summed E-state index contributed by atoms with van der Waals surface area (Å²) in [6.45, 7) is 5.55. The lowest BCUT2D eigenvalue weighted by Crippen LogP contribution is -2.30. The molecule has 1 aromatic heterocycles. The van der Waals surface area contributed by atoms with Crippen LogP contribution in [0.4, 0.5) is 18.9 Å². The number of hydrogen-bond donors (Lipinski definition) is 2. The van der Waals surface area contributed by atoms with Gasteiger partial charge in [0, 0.05) is 35.3 Å². The van der Waals surface area contributed by atoms with Gasteiger partial charge in [0.2, 0.25) is 0 Å². The maximum absolute atomic E-state index is 14.8. The van der Waals surface area contributed by atoms with E-state index in [9.17, 15) is 22.8 Å². The number of fused-ring (bicyclic) bond motifs is 1. The summed E-state index contributed by atoms with van der Waals surface area (Å²) in [5.41, 5.74) is -2.29. The third-order valence-electron chi connectivity index (χ3n) is 5.99. The van der Waals surface area contributed by atoms with Gasteiger partial charge in [-0.05, 0) is 46.0 Å². The molecule has 10 heteroatoms. The first-order valence-corrected chi connectivity index (χ1v) is 12.6. The van der Waals surface area contributed by atoms with Crippen molar-refractivity contribution >= 4 is 28.4 Å². The highest BCUT2D eigenvalue weighted by Gasteiger charge is 2.41. The van der Waals surface area contributed by atoms with E-state index in [1.54, 1.807) is 18.2 Å². The van der Waals surface area contributed by atoms with Crippen LogP contribution < -0.4 is 20.7 Å². The van der Waals surface area contributed by atoms with Gasteiger partial charge in [-0.1, -0.05) is 50.9 Å². The molecule has 0 saturated carbocycles. The molecule has 4 aromatic rings. The minimum atomic E-state index is -4.86. The van der Waals surface area contributed by atoms with Crippen LogP contribution in [0, 0.1) is 0 Å². The number of benzene rings is 3. The van der Waals surface area contributed by atoms with Gasteiger partial charge < -0.3 is 9.46 Å². The summed E-state index contributed by atoms with van der Waals surface area (Å²) in [7, 11) is 1.33. The second kappa shape index (κ2) is 9.66. The quantitative estimate of drug-likeness (QED) is 0.294. The van der Waals surface area contributed by atoms with Crippen LogP contribution in [0.25, 0.3) is 27.6 Å². The van der Waals surface area contributed by atoms with Crippen molar-refractivity contribution in [2.45, 2.75) is 32.4 Å². The SMILES string of the molecule is COc1c(C(C)(C)C)cc(-n2ccc(=O)[nH]c2=O)c(C(F)(F)F)c1-c1ccc2cc(NSC)ccc2c1. The van der Waals surface area contributed by atoms with Crippen LogP contribution in [-0.2, 0) is 11.6 Å². The van der Waals surface area contributed by atoms with Gasteiger partial charge in [0.15, 0.2) is 0 Å². The molecule has 0 atom stereocenters. The molecule has 0 unspecified atom stereocenters. The smallest absolute Gasteiger partial charge is 0.419 e. The summed E-state index contributed by atoms with van der Waals surface area (Å²) >= 11 is 1.44. The van der Waals surface area contributed by atoms with Crippen molar-refractivity contribution in [1.29, 1.82) is 0 Å². The molecular formula is C27H26F3N3O3S. The van der Waals surface area contributed by atoms with E-state index in [1.807, 2.05) is 50.2 Å². The first-order chi connectivity index (χ1) is 17.3. The molecule has 2 N–H and O–H groups in total. The van der Waals surface area contributed by atoms with Crippen LogP contribution in [0.2, 0.25) is 0 Å². The van der Waals surface area contributed by atoms with Crippen molar-refractivity contribution in [3.8, 4) is 22.6 Å². The standard InChI is InChI=1S/C27H26F3N3O3S/c1-26(2,3)19-14-20(33-11-10-21(34)31-25(33)35)23(27(28,29)30)22(24(19)36-4)17-7-6-16-13-18(32-37-5)9-8-15(16)12-17/h6-14,32H,1-5H3,(H,31,34,35). The fourth-order valence-electron chi connectivity index (χ4n) is 4.36. The minimum Gasteiger partial charge on any atom is -0.496 e. The molecule has 6 nitrogen and oxygen atoms in total. The predicted molar refractivity (Wildman–Crippen MR) is 143 cm³/mol. The van der Waals surface area contributed by atoms with Gasteiger partial charge in [0.05, 0.1) is 18.4 Å². The molecule has 0 aliphatic rings. The Morgan fingerprint density at radius 2 is 1.65 bits per heavy atom. The molecule has 0 aliphatic heterocycles. The summed E-state index contributed by atoms with van der Waals surface area (Å²) in [5.74, 6) is 0.0704. The Bertz CT molecular complexity index is 1600. The molecule has 0 radical (unpaired) electrons. The number of methoxy groups -OCH3 is 1. The molecule has 0 spiro atoms. The highest BCUT2D eigenvalue weighted by molar-refractivity contribution is 7.99. The van der Waals surface area contributed by atoms with E-state index in [1.165, 1.54) is 25.1 Å². The van der Waals surface area contributed by atoms with E-state index < -0.39 is 34.1 Å². The number of halogens is 3. The van der Waals surface area contributed by atoms with Crippen LogP contribution in [0.5, 0.6) is 5.75 Å².